The molecule has 8 aromatic carbocycles. The van der Waals surface area contributed by atoms with Crippen molar-refractivity contribution in [1.82, 2.24) is 4.57 Å². The second-order valence-electron chi connectivity index (χ2n) is 14.1. The van der Waals surface area contributed by atoms with Crippen LogP contribution in [0.3, 0.4) is 0 Å². The molecular formula is C50H30N2OS2. The molecule has 0 radical (unpaired) electrons. The van der Waals surface area contributed by atoms with Crippen molar-refractivity contribution in [3.05, 3.63) is 182 Å². The van der Waals surface area contributed by atoms with Crippen molar-refractivity contribution < 1.29 is 4.42 Å². The summed E-state index contributed by atoms with van der Waals surface area (Å²) in [6, 6.07) is 65.7. The minimum absolute atomic E-state index is 0.872. The lowest BCUT2D eigenvalue weighted by Gasteiger charge is -2.27. The van der Waals surface area contributed by atoms with E-state index in [4.69, 9.17) is 4.42 Å². The second kappa shape index (κ2) is 11.9. The fourth-order valence-corrected chi connectivity index (χ4v) is 10.9. The van der Waals surface area contributed by atoms with Crippen LogP contribution in [0.4, 0.5) is 17.1 Å². The van der Waals surface area contributed by atoms with E-state index in [0.29, 0.717) is 0 Å². The summed E-state index contributed by atoms with van der Waals surface area (Å²) in [5.41, 5.74) is 9.74. The third-order valence-electron chi connectivity index (χ3n) is 11.0. The summed E-state index contributed by atoms with van der Waals surface area (Å²) >= 11 is 3.74. The molecule has 55 heavy (non-hydrogen) atoms. The molecule has 0 aliphatic rings. The van der Waals surface area contributed by atoms with Gasteiger partial charge in [0, 0.05) is 53.1 Å². The average molecular weight is 739 g/mol. The lowest BCUT2D eigenvalue weighted by molar-refractivity contribution is 0.645. The minimum Gasteiger partial charge on any atom is -0.439 e. The highest BCUT2D eigenvalue weighted by Gasteiger charge is 2.23. The van der Waals surface area contributed by atoms with Gasteiger partial charge >= 0.3 is 0 Å². The number of anilines is 3. The summed E-state index contributed by atoms with van der Waals surface area (Å²) in [6.45, 7) is 0. The van der Waals surface area contributed by atoms with Gasteiger partial charge in [0.15, 0.2) is 0 Å². The Morgan fingerprint density at radius 2 is 1.00 bits per heavy atom. The monoisotopic (exact) mass is 738 g/mol. The first kappa shape index (κ1) is 30.8. The van der Waals surface area contributed by atoms with Crippen LogP contribution >= 0.6 is 22.7 Å². The molecule has 0 spiro atoms. The molecular weight excluding hydrogens is 709 g/mol. The molecule has 0 unspecified atom stereocenters. The number of aromatic nitrogens is 1. The Kier molecular flexibility index (Phi) is 6.67. The molecule has 0 amide bonds. The van der Waals surface area contributed by atoms with E-state index in [2.05, 4.69) is 191 Å². The smallest absolute Gasteiger partial charge is 0.213 e. The predicted molar refractivity (Wildman–Crippen MR) is 236 cm³/mol. The molecule has 0 aliphatic carbocycles. The van der Waals surface area contributed by atoms with Crippen LogP contribution in [0, 0.1) is 0 Å². The van der Waals surface area contributed by atoms with Crippen LogP contribution in [0.2, 0.25) is 0 Å². The van der Waals surface area contributed by atoms with E-state index in [0.717, 1.165) is 50.1 Å². The van der Waals surface area contributed by atoms with Crippen LogP contribution in [-0.2, 0) is 0 Å². The summed E-state index contributed by atoms with van der Waals surface area (Å²) in [6.07, 6.45) is 0. The van der Waals surface area contributed by atoms with Gasteiger partial charge in [-0.25, -0.2) is 0 Å². The first-order valence-corrected chi connectivity index (χ1v) is 20.1. The van der Waals surface area contributed by atoms with Crippen LogP contribution in [0.5, 0.6) is 0 Å². The van der Waals surface area contributed by atoms with Crippen molar-refractivity contribution >= 4 is 113 Å². The maximum atomic E-state index is 6.75. The molecule has 258 valence electrons. The highest BCUT2D eigenvalue weighted by atomic mass is 32.1. The van der Waals surface area contributed by atoms with Gasteiger partial charge in [0.1, 0.15) is 5.58 Å². The molecule has 3 nitrogen and oxygen atoms in total. The molecule has 4 heterocycles. The van der Waals surface area contributed by atoms with E-state index in [9.17, 15) is 0 Å². The maximum absolute atomic E-state index is 6.75. The quantitative estimate of drug-likeness (QED) is 0.175. The molecule has 0 fully saturated rings. The molecule has 0 bridgehead atoms. The lowest BCUT2D eigenvalue weighted by atomic mass is 10.0. The third-order valence-corrected chi connectivity index (χ3v) is 13.4. The standard InChI is InChI=1S/C50H30N2OS2/c1-2-12-33(13-3-1)52-41-19-7-4-16-39(41)47-40-29-26-32(30-44(40)53-50(47)52)31-24-27-34(28-25-31)51(42-20-10-17-37-35-14-5-8-22-45(35)54-48(37)42)43-21-11-18-38-36-15-6-9-23-46(36)55-49(38)43/h1-30H. The van der Waals surface area contributed by atoms with E-state index in [1.54, 1.807) is 0 Å². The largest absolute Gasteiger partial charge is 0.439 e. The van der Waals surface area contributed by atoms with Gasteiger partial charge in [-0.05, 0) is 77.9 Å². The molecule has 0 saturated carbocycles. The predicted octanol–water partition coefficient (Wildman–Crippen LogP) is 15.4. The van der Waals surface area contributed by atoms with Gasteiger partial charge in [-0.3, -0.25) is 4.57 Å². The van der Waals surface area contributed by atoms with Crippen molar-refractivity contribution in [3.63, 3.8) is 0 Å². The van der Waals surface area contributed by atoms with E-state index in [1.165, 1.54) is 57.1 Å². The molecule has 12 aromatic rings. The van der Waals surface area contributed by atoms with Crippen LogP contribution in [0.15, 0.2) is 186 Å². The fraction of sp³-hybridized carbons (Fsp3) is 0. The van der Waals surface area contributed by atoms with Gasteiger partial charge in [0.25, 0.3) is 0 Å². The number of para-hydroxylation sites is 2. The van der Waals surface area contributed by atoms with E-state index in [-0.39, 0.29) is 0 Å². The number of hydrogen-bond acceptors (Lipinski definition) is 4. The number of furan rings is 1. The highest BCUT2D eigenvalue weighted by molar-refractivity contribution is 7.27. The van der Waals surface area contributed by atoms with Crippen molar-refractivity contribution in [2.24, 2.45) is 0 Å². The Balaban J connectivity index is 1.02. The van der Waals surface area contributed by atoms with Crippen molar-refractivity contribution in [1.29, 1.82) is 0 Å². The second-order valence-corrected chi connectivity index (χ2v) is 16.2. The Bertz CT molecular complexity index is 3330. The van der Waals surface area contributed by atoms with Crippen LogP contribution in [-0.4, -0.2) is 4.57 Å². The molecule has 5 heteroatoms. The number of nitrogens with zero attached hydrogens (tertiary/aromatic N) is 2. The van der Waals surface area contributed by atoms with Gasteiger partial charge in [-0.2, -0.15) is 0 Å². The normalized spacial score (nSPS) is 12.0. The zero-order valence-electron chi connectivity index (χ0n) is 29.4. The maximum Gasteiger partial charge on any atom is 0.213 e. The highest BCUT2D eigenvalue weighted by Crippen LogP contribution is 2.49. The number of hydrogen-bond donors (Lipinski definition) is 0. The lowest BCUT2D eigenvalue weighted by Crippen LogP contribution is -2.10. The summed E-state index contributed by atoms with van der Waals surface area (Å²) < 4.78 is 14.2. The molecule has 0 N–H and O–H groups in total. The third kappa shape index (κ3) is 4.61. The number of benzene rings is 8. The van der Waals surface area contributed by atoms with E-state index >= 15 is 0 Å². The average Bonchev–Trinajstić information content (AvgIpc) is 4.00. The van der Waals surface area contributed by atoms with Crippen molar-refractivity contribution in [3.8, 4) is 16.8 Å². The number of thiophene rings is 2. The summed E-state index contributed by atoms with van der Waals surface area (Å²) in [5, 5.41) is 8.65. The molecule has 0 aliphatic heterocycles. The Labute approximate surface area is 324 Å². The first-order valence-electron chi connectivity index (χ1n) is 18.5. The zero-order chi connectivity index (χ0) is 36.0. The molecule has 0 atom stereocenters. The Hall–Kier alpha value is -6.66. The number of fused-ring (bicyclic) bond motifs is 11. The minimum atomic E-state index is 0.872. The van der Waals surface area contributed by atoms with E-state index < -0.39 is 0 Å². The fourth-order valence-electron chi connectivity index (χ4n) is 8.53. The summed E-state index contributed by atoms with van der Waals surface area (Å²) in [5.74, 6) is 0. The van der Waals surface area contributed by atoms with Gasteiger partial charge < -0.3 is 9.32 Å². The Morgan fingerprint density at radius 1 is 0.436 bits per heavy atom. The summed E-state index contributed by atoms with van der Waals surface area (Å²) in [7, 11) is 0. The van der Waals surface area contributed by atoms with Crippen LogP contribution in [0.1, 0.15) is 0 Å². The molecule has 4 aromatic heterocycles. The molecule has 12 rings (SSSR count). The van der Waals surface area contributed by atoms with Crippen LogP contribution in [0.25, 0.3) is 90.1 Å². The number of rotatable bonds is 5. The van der Waals surface area contributed by atoms with Crippen molar-refractivity contribution in [2.75, 3.05) is 4.90 Å². The van der Waals surface area contributed by atoms with Gasteiger partial charge in [-0.15, -0.1) is 22.7 Å². The molecule has 0 saturated heterocycles. The SMILES string of the molecule is c1ccc(-n2c3ccccc3c3c4ccc(-c5ccc(N(c6cccc7c6sc6ccccc67)c6cccc7c6sc6ccccc67)cc5)cc4oc32)cc1. The van der Waals surface area contributed by atoms with Crippen molar-refractivity contribution in [2.45, 2.75) is 0 Å². The summed E-state index contributed by atoms with van der Waals surface area (Å²) in [4.78, 5) is 2.47. The first-order chi connectivity index (χ1) is 27.3. The zero-order valence-corrected chi connectivity index (χ0v) is 31.1. The Morgan fingerprint density at radius 3 is 1.67 bits per heavy atom. The van der Waals surface area contributed by atoms with Crippen LogP contribution < -0.4 is 4.90 Å². The van der Waals surface area contributed by atoms with E-state index in [1.807, 2.05) is 22.7 Å². The van der Waals surface area contributed by atoms with Gasteiger partial charge in [0.2, 0.25) is 5.71 Å². The topological polar surface area (TPSA) is 21.3 Å². The van der Waals surface area contributed by atoms with Gasteiger partial charge in [0.05, 0.1) is 31.7 Å². The van der Waals surface area contributed by atoms with Gasteiger partial charge in [-0.1, -0.05) is 115 Å².